The van der Waals surface area contributed by atoms with Crippen molar-refractivity contribution in [2.75, 3.05) is 7.11 Å². The van der Waals surface area contributed by atoms with Crippen molar-refractivity contribution < 1.29 is 9.53 Å². The highest BCUT2D eigenvalue weighted by atomic mass is 35.5. The lowest BCUT2D eigenvalue weighted by molar-refractivity contribution is 0.104. The van der Waals surface area contributed by atoms with Gasteiger partial charge in [-0.2, -0.15) is 0 Å². The number of benzene rings is 1. The highest BCUT2D eigenvalue weighted by Gasteiger charge is 2.15. The molecule has 0 saturated carbocycles. The largest absolute Gasteiger partial charge is 0.495 e. The van der Waals surface area contributed by atoms with Crippen LogP contribution in [0.25, 0.3) is 0 Å². The summed E-state index contributed by atoms with van der Waals surface area (Å²) in [6.45, 7) is 1.82. The van der Waals surface area contributed by atoms with Crippen LogP contribution in [0.2, 0.25) is 5.02 Å². The molecule has 2 aromatic rings. The zero-order valence-corrected chi connectivity index (χ0v) is 10.9. The molecule has 0 bridgehead atoms. The fraction of sp³-hybridized carbons (Fsp3) is 0.167. The van der Waals surface area contributed by atoms with Crippen molar-refractivity contribution in [3.05, 3.63) is 44.9 Å². The molecule has 1 aromatic heterocycles. The maximum atomic E-state index is 12.2. The Kier molecular flexibility index (Phi) is 3.45. The lowest BCUT2D eigenvalue weighted by Gasteiger charge is -2.05. The molecule has 88 valence electrons. The molecule has 5 heteroatoms. The molecule has 0 radical (unpaired) electrons. The maximum Gasteiger partial charge on any atom is 0.204 e. The number of halogens is 1. The molecule has 2 rings (SSSR count). The fourth-order valence-electron chi connectivity index (χ4n) is 1.45. The van der Waals surface area contributed by atoms with Gasteiger partial charge in [0.25, 0.3) is 0 Å². The number of carbonyl (C=O) groups is 1. The van der Waals surface area contributed by atoms with Crippen molar-refractivity contribution in [1.29, 1.82) is 0 Å². The number of rotatable bonds is 3. The molecular formula is C12H10ClNO2S. The van der Waals surface area contributed by atoms with Gasteiger partial charge in [0.15, 0.2) is 0 Å². The number of ketones is 1. The number of thiazole rings is 1. The second-order valence-electron chi connectivity index (χ2n) is 3.45. The zero-order chi connectivity index (χ0) is 12.4. The van der Waals surface area contributed by atoms with Gasteiger partial charge in [0, 0.05) is 5.56 Å². The van der Waals surface area contributed by atoms with Gasteiger partial charge in [-0.05, 0) is 25.1 Å². The van der Waals surface area contributed by atoms with Gasteiger partial charge < -0.3 is 4.74 Å². The Hall–Kier alpha value is -1.39. The minimum atomic E-state index is -0.0556. The van der Waals surface area contributed by atoms with E-state index in [-0.39, 0.29) is 5.78 Å². The number of methoxy groups -OCH3 is 1. The number of nitrogens with zero attached hydrogens (tertiary/aromatic N) is 1. The van der Waals surface area contributed by atoms with Crippen LogP contribution in [0.5, 0.6) is 5.75 Å². The SMILES string of the molecule is COc1cc(C(=O)c2scnc2C)ccc1Cl. The van der Waals surface area contributed by atoms with E-state index in [1.807, 2.05) is 6.92 Å². The number of aryl methyl sites for hydroxylation is 1. The van der Waals surface area contributed by atoms with E-state index in [0.29, 0.717) is 21.2 Å². The molecule has 1 aromatic carbocycles. The Balaban J connectivity index is 2.41. The standard InChI is InChI=1S/C12H10ClNO2S/c1-7-12(17-6-14-7)11(15)8-3-4-9(13)10(5-8)16-2/h3-6H,1-2H3. The first-order chi connectivity index (χ1) is 8.13. The zero-order valence-electron chi connectivity index (χ0n) is 9.36. The summed E-state index contributed by atoms with van der Waals surface area (Å²) in [5, 5.41) is 0.491. The van der Waals surface area contributed by atoms with Crippen molar-refractivity contribution >= 4 is 28.7 Å². The van der Waals surface area contributed by atoms with Crippen LogP contribution in [-0.4, -0.2) is 17.9 Å². The molecule has 0 aliphatic heterocycles. The van der Waals surface area contributed by atoms with Gasteiger partial charge in [-0.25, -0.2) is 4.98 Å². The summed E-state index contributed by atoms with van der Waals surface area (Å²) in [4.78, 5) is 16.9. The summed E-state index contributed by atoms with van der Waals surface area (Å²) < 4.78 is 5.09. The fourth-order valence-corrected chi connectivity index (χ4v) is 2.41. The van der Waals surface area contributed by atoms with Crippen molar-refractivity contribution in [2.45, 2.75) is 6.92 Å². The van der Waals surface area contributed by atoms with E-state index in [2.05, 4.69) is 4.98 Å². The van der Waals surface area contributed by atoms with Crippen LogP contribution < -0.4 is 4.74 Å². The third-order valence-corrected chi connectivity index (χ3v) is 3.60. The Morgan fingerprint density at radius 1 is 1.47 bits per heavy atom. The molecule has 0 atom stereocenters. The molecule has 0 N–H and O–H groups in total. The van der Waals surface area contributed by atoms with E-state index < -0.39 is 0 Å². The van der Waals surface area contributed by atoms with Crippen molar-refractivity contribution in [1.82, 2.24) is 4.98 Å². The van der Waals surface area contributed by atoms with E-state index in [9.17, 15) is 4.79 Å². The van der Waals surface area contributed by atoms with Gasteiger partial charge in [-0.15, -0.1) is 11.3 Å². The summed E-state index contributed by atoms with van der Waals surface area (Å²) in [6.07, 6.45) is 0. The average molecular weight is 268 g/mol. The predicted octanol–water partition coefficient (Wildman–Crippen LogP) is 3.34. The lowest BCUT2D eigenvalue weighted by Crippen LogP contribution is -2.01. The quantitative estimate of drug-likeness (QED) is 0.801. The van der Waals surface area contributed by atoms with Crippen LogP contribution in [0.15, 0.2) is 23.7 Å². The first-order valence-electron chi connectivity index (χ1n) is 4.92. The van der Waals surface area contributed by atoms with Crippen LogP contribution in [-0.2, 0) is 0 Å². The van der Waals surface area contributed by atoms with Crippen molar-refractivity contribution in [3.8, 4) is 5.75 Å². The third-order valence-electron chi connectivity index (χ3n) is 2.37. The van der Waals surface area contributed by atoms with E-state index in [4.69, 9.17) is 16.3 Å². The van der Waals surface area contributed by atoms with Gasteiger partial charge >= 0.3 is 0 Å². The van der Waals surface area contributed by atoms with E-state index in [1.165, 1.54) is 18.4 Å². The number of ether oxygens (including phenoxy) is 1. The molecule has 0 aliphatic rings. The Labute approximate surface area is 108 Å². The van der Waals surface area contributed by atoms with Crippen LogP contribution in [0.3, 0.4) is 0 Å². The molecule has 1 heterocycles. The molecule has 0 unspecified atom stereocenters. The topological polar surface area (TPSA) is 39.2 Å². The second kappa shape index (κ2) is 4.85. The highest BCUT2D eigenvalue weighted by Crippen LogP contribution is 2.27. The van der Waals surface area contributed by atoms with Gasteiger partial charge in [0.05, 0.1) is 28.2 Å². The van der Waals surface area contributed by atoms with Gasteiger partial charge in [0.1, 0.15) is 5.75 Å². The third kappa shape index (κ3) is 2.33. The average Bonchev–Trinajstić information content (AvgIpc) is 2.75. The number of aromatic nitrogens is 1. The molecule has 17 heavy (non-hydrogen) atoms. The van der Waals surface area contributed by atoms with Crippen LogP contribution >= 0.6 is 22.9 Å². The molecule has 0 fully saturated rings. The van der Waals surface area contributed by atoms with E-state index >= 15 is 0 Å². The van der Waals surface area contributed by atoms with Crippen LogP contribution in [0, 0.1) is 6.92 Å². The summed E-state index contributed by atoms with van der Waals surface area (Å²) in [5.74, 6) is 0.444. The number of hydrogen-bond acceptors (Lipinski definition) is 4. The normalized spacial score (nSPS) is 10.3. The minimum absolute atomic E-state index is 0.0556. The van der Waals surface area contributed by atoms with Gasteiger partial charge in [0.2, 0.25) is 5.78 Å². The smallest absolute Gasteiger partial charge is 0.204 e. The van der Waals surface area contributed by atoms with Crippen molar-refractivity contribution in [3.63, 3.8) is 0 Å². The summed E-state index contributed by atoms with van der Waals surface area (Å²) >= 11 is 7.25. The molecule has 0 spiro atoms. The molecule has 0 saturated heterocycles. The summed E-state index contributed by atoms with van der Waals surface area (Å²) in [7, 11) is 1.52. The first kappa shape index (κ1) is 12.1. The lowest BCUT2D eigenvalue weighted by atomic mass is 10.1. The Morgan fingerprint density at radius 2 is 2.24 bits per heavy atom. The minimum Gasteiger partial charge on any atom is -0.495 e. The number of carbonyl (C=O) groups excluding carboxylic acids is 1. The Bertz CT molecular complexity index is 565. The second-order valence-corrected chi connectivity index (χ2v) is 4.71. The molecule has 0 aliphatic carbocycles. The van der Waals surface area contributed by atoms with E-state index in [0.717, 1.165) is 5.69 Å². The van der Waals surface area contributed by atoms with Gasteiger partial charge in [-0.1, -0.05) is 11.6 Å². The Morgan fingerprint density at radius 3 is 2.82 bits per heavy atom. The number of hydrogen-bond donors (Lipinski definition) is 0. The molecular weight excluding hydrogens is 258 g/mol. The first-order valence-corrected chi connectivity index (χ1v) is 6.17. The highest BCUT2D eigenvalue weighted by molar-refractivity contribution is 7.12. The summed E-state index contributed by atoms with van der Waals surface area (Å²) in [6, 6.07) is 4.99. The predicted molar refractivity (Wildman–Crippen MR) is 68.3 cm³/mol. The van der Waals surface area contributed by atoms with E-state index in [1.54, 1.807) is 23.7 Å². The molecule has 3 nitrogen and oxygen atoms in total. The monoisotopic (exact) mass is 267 g/mol. The summed E-state index contributed by atoms with van der Waals surface area (Å²) in [5.41, 5.74) is 2.96. The van der Waals surface area contributed by atoms with Crippen molar-refractivity contribution in [2.24, 2.45) is 0 Å². The van der Waals surface area contributed by atoms with Crippen LogP contribution in [0.1, 0.15) is 20.9 Å². The van der Waals surface area contributed by atoms with Crippen LogP contribution in [0.4, 0.5) is 0 Å². The maximum absolute atomic E-state index is 12.2. The molecule has 0 amide bonds. The van der Waals surface area contributed by atoms with Gasteiger partial charge in [-0.3, -0.25) is 4.79 Å².